The van der Waals surface area contributed by atoms with Gasteiger partial charge in [0.05, 0.1) is 23.9 Å². The predicted octanol–water partition coefficient (Wildman–Crippen LogP) is 2.93. The second kappa shape index (κ2) is 4.90. The monoisotopic (exact) mass is 320 g/mol. The lowest BCUT2D eigenvalue weighted by Gasteiger charge is -2.06. The van der Waals surface area contributed by atoms with Crippen LogP contribution in [0, 0.1) is 0 Å². The minimum atomic E-state index is -0.0130. The van der Waals surface area contributed by atoms with Crippen LogP contribution in [-0.4, -0.2) is 15.6 Å². The molecule has 1 aromatic heterocycles. The van der Waals surface area contributed by atoms with Crippen LogP contribution >= 0.6 is 15.9 Å². The highest BCUT2D eigenvalue weighted by molar-refractivity contribution is 9.10. The molecule has 3 rings (SSSR count). The van der Waals surface area contributed by atoms with Crippen molar-refractivity contribution in [2.45, 2.75) is 26.7 Å². The van der Waals surface area contributed by atoms with Crippen LogP contribution in [-0.2, 0) is 24.5 Å². The Morgan fingerprint density at radius 2 is 2.21 bits per heavy atom. The van der Waals surface area contributed by atoms with E-state index in [-0.39, 0.29) is 5.78 Å². The SMILES string of the molecule is CCn1ncc(Br)c1C(=O)c1ccc2c(c1)COC2. The maximum absolute atomic E-state index is 12.6. The van der Waals surface area contributed by atoms with Gasteiger partial charge in [0.25, 0.3) is 0 Å². The zero-order valence-corrected chi connectivity index (χ0v) is 12.1. The van der Waals surface area contributed by atoms with Crippen molar-refractivity contribution < 1.29 is 9.53 Å². The van der Waals surface area contributed by atoms with Gasteiger partial charge in [0.15, 0.2) is 0 Å². The Kier molecular flexibility index (Phi) is 3.24. The van der Waals surface area contributed by atoms with Crippen LogP contribution in [0.3, 0.4) is 0 Å². The summed E-state index contributed by atoms with van der Waals surface area (Å²) in [5.74, 6) is -0.0130. The van der Waals surface area contributed by atoms with Gasteiger partial charge < -0.3 is 4.74 Å². The molecule has 0 amide bonds. The first-order chi connectivity index (χ1) is 9.20. The topological polar surface area (TPSA) is 44.1 Å². The molecule has 98 valence electrons. The van der Waals surface area contributed by atoms with Crippen molar-refractivity contribution in [2.75, 3.05) is 0 Å². The van der Waals surface area contributed by atoms with Gasteiger partial charge in [0.2, 0.25) is 5.78 Å². The van der Waals surface area contributed by atoms with Crippen LogP contribution in [0.25, 0.3) is 0 Å². The van der Waals surface area contributed by atoms with Gasteiger partial charge in [0, 0.05) is 12.1 Å². The van der Waals surface area contributed by atoms with Crippen LogP contribution < -0.4 is 0 Å². The normalized spacial score (nSPS) is 13.6. The summed E-state index contributed by atoms with van der Waals surface area (Å²) in [6.07, 6.45) is 1.66. The van der Waals surface area contributed by atoms with Crippen molar-refractivity contribution in [3.63, 3.8) is 0 Å². The third kappa shape index (κ3) is 2.13. The number of fused-ring (bicyclic) bond motifs is 1. The molecule has 4 nitrogen and oxygen atoms in total. The molecule has 0 fully saturated rings. The van der Waals surface area contributed by atoms with Crippen molar-refractivity contribution in [2.24, 2.45) is 0 Å². The Hall–Kier alpha value is -1.46. The molecule has 0 radical (unpaired) electrons. The van der Waals surface area contributed by atoms with Gasteiger partial charge in [-0.15, -0.1) is 0 Å². The predicted molar refractivity (Wildman–Crippen MR) is 74.0 cm³/mol. The molecule has 0 aliphatic carbocycles. The first-order valence-electron chi connectivity index (χ1n) is 6.16. The second-order valence-electron chi connectivity index (χ2n) is 4.46. The summed E-state index contributed by atoms with van der Waals surface area (Å²) in [5, 5.41) is 4.18. The number of aromatic nitrogens is 2. The summed E-state index contributed by atoms with van der Waals surface area (Å²) in [7, 11) is 0. The number of carbonyl (C=O) groups excluding carboxylic acids is 1. The molecule has 0 spiro atoms. The summed E-state index contributed by atoms with van der Waals surface area (Å²) in [4.78, 5) is 12.6. The van der Waals surface area contributed by atoms with Gasteiger partial charge in [-0.2, -0.15) is 5.10 Å². The highest BCUT2D eigenvalue weighted by Gasteiger charge is 2.20. The Labute approximate surface area is 119 Å². The molecular weight excluding hydrogens is 308 g/mol. The number of carbonyl (C=O) groups is 1. The van der Waals surface area contributed by atoms with Gasteiger partial charge >= 0.3 is 0 Å². The van der Waals surface area contributed by atoms with Crippen LogP contribution in [0.5, 0.6) is 0 Å². The van der Waals surface area contributed by atoms with E-state index in [2.05, 4.69) is 21.0 Å². The minimum Gasteiger partial charge on any atom is -0.372 e. The number of rotatable bonds is 3. The number of hydrogen-bond acceptors (Lipinski definition) is 3. The molecule has 0 N–H and O–H groups in total. The standard InChI is InChI=1S/C14H13BrN2O2/c1-2-17-13(12(15)6-16-17)14(18)9-3-4-10-7-19-8-11(10)5-9/h3-6H,2,7-8H2,1H3. The van der Waals surface area contributed by atoms with E-state index in [4.69, 9.17) is 4.74 Å². The number of nitrogens with zero attached hydrogens (tertiary/aromatic N) is 2. The number of hydrogen-bond donors (Lipinski definition) is 0. The van der Waals surface area contributed by atoms with E-state index in [1.165, 1.54) is 5.56 Å². The number of ether oxygens (including phenoxy) is 1. The molecule has 0 bridgehead atoms. The molecule has 2 heterocycles. The summed E-state index contributed by atoms with van der Waals surface area (Å²) in [6, 6.07) is 5.75. The fourth-order valence-corrected chi connectivity index (χ4v) is 2.75. The smallest absolute Gasteiger partial charge is 0.212 e. The van der Waals surface area contributed by atoms with E-state index < -0.39 is 0 Å². The van der Waals surface area contributed by atoms with Crippen molar-refractivity contribution in [1.29, 1.82) is 0 Å². The summed E-state index contributed by atoms with van der Waals surface area (Å²) in [6.45, 7) is 3.86. The third-order valence-corrected chi connectivity index (χ3v) is 3.87. The number of halogens is 1. The molecule has 0 saturated heterocycles. The first kappa shape index (κ1) is 12.6. The van der Waals surface area contributed by atoms with Gasteiger partial charge in [-0.25, -0.2) is 0 Å². The first-order valence-corrected chi connectivity index (χ1v) is 6.95. The van der Waals surface area contributed by atoms with Gasteiger partial charge in [-0.1, -0.05) is 12.1 Å². The van der Waals surface area contributed by atoms with Crippen LogP contribution in [0.15, 0.2) is 28.9 Å². The van der Waals surface area contributed by atoms with Gasteiger partial charge in [0.1, 0.15) is 5.69 Å². The minimum absolute atomic E-state index is 0.0130. The van der Waals surface area contributed by atoms with Crippen molar-refractivity contribution in [3.8, 4) is 0 Å². The zero-order valence-electron chi connectivity index (χ0n) is 10.5. The Balaban J connectivity index is 2.02. The molecule has 5 heteroatoms. The van der Waals surface area contributed by atoms with Gasteiger partial charge in [-0.05, 0) is 40.0 Å². The quantitative estimate of drug-likeness (QED) is 0.817. The molecule has 0 atom stereocenters. The van der Waals surface area contributed by atoms with Crippen LogP contribution in [0.2, 0.25) is 0 Å². The maximum atomic E-state index is 12.6. The summed E-state index contributed by atoms with van der Waals surface area (Å²) >= 11 is 3.39. The Bertz CT molecular complexity index is 649. The highest BCUT2D eigenvalue weighted by atomic mass is 79.9. The third-order valence-electron chi connectivity index (χ3n) is 3.29. The van der Waals surface area contributed by atoms with E-state index in [1.807, 2.05) is 25.1 Å². The Morgan fingerprint density at radius 3 is 3.00 bits per heavy atom. The highest BCUT2D eigenvalue weighted by Crippen LogP contribution is 2.24. The number of benzene rings is 1. The molecule has 19 heavy (non-hydrogen) atoms. The van der Waals surface area contributed by atoms with Crippen molar-refractivity contribution >= 4 is 21.7 Å². The maximum Gasteiger partial charge on any atom is 0.212 e. The van der Waals surface area contributed by atoms with E-state index >= 15 is 0 Å². The number of aryl methyl sites for hydroxylation is 1. The van der Waals surface area contributed by atoms with E-state index in [1.54, 1.807) is 10.9 Å². The number of ketones is 1. The fourth-order valence-electron chi connectivity index (χ4n) is 2.28. The van der Waals surface area contributed by atoms with Crippen LogP contribution in [0.1, 0.15) is 34.1 Å². The lowest BCUT2D eigenvalue weighted by Crippen LogP contribution is -2.11. The Morgan fingerprint density at radius 1 is 1.42 bits per heavy atom. The molecular formula is C14H13BrN2O2. The van der Waals surface area contributed by atoms with Crippen LogP contribution in [0.4, 0.5) is 0 Å². The van der Waals surface area contributed by atoms with E-state index in [9.17, 15) is 4.79 Å². The molecule has 0 saturated carbocycles. The van der Waals surface area contributed by atoms with Gasteiger partial charge in [-0.3, -0.25) is 9.48 Å². The zero-order chi connectivity index (χ0) is 13.4. The molecule has 1 aliphatic rings. The average molecular weight is 321 g/mol. The lowest BCUT2D eigenvalue weighted by molar-refractivity contribution is 0.102. The van der Waals surface area contributed by atoms with E-state index in [0.29, 0.717) is 31.0 Å². The van der Waals surface area contributed by atoms with Crippen molar-refractivity contribution in [3.05, 3.63) is 51.3 Å². The molecule has 2 aromatic rings. The van der Waals surface area contributed by atoms with E-state index in [0.717, 1.165) is 10.0 Å². The lowest BCUT2D eigenvalue weighted by atomic mass is 10.0. The largest absolute Gasteiger partial charge is 0.372 e. The molecule has 1 aliphatic heterocycles. The fraction of sp³-hybridized carbons (Fsp3) is 0.286. The molecule has 1 aromatic carbocycles. The summed E-state index contributed by atoms with van der Waals surface area (Å²) in [5.41, 5.74) is 3.55. The molecule has 0 unspecified atom stereocenters. The van der Waals surface area contributed by atoms with Crippen molar-refractivity contribution in [1.82, 2.24) is 9.78 Å². The average Bonchev–Trinajstić information content (AvgIpc) is 3.02. The second-order valence-corrected chi connectivity index (χ2v) is 5.32. The summed E-state index contributed by atoms with van der Waals surface area (Å²) < 4.78 is 7.81.